The Morgan fingerprint density at radius 3 is 2.33 bits per heavy atom. The van der Waals surface area contributed by atoms with Gasteiger partial charge < -0.3 is 14.4 Å². The number of halogens is 3. The van der Waals surface area contributed by atoms with Gasteiger partial charge in [0.15, 0.2) is 6.10 Å². The van der Waals surface area contributed by atoms with E-state index < -0.39 is 46.6 Å². The van der Waals surface area contributed by atoms with Crippen LogP contribution in [0.15, 0.2) is 30.3 Å². The summed E-state index contributed by atoms with van der Waals surface area (Å²) in [5.74, 6) is -1.23. The molecular weight excluding hydrogens is 550 g/mol. The number of aromatic nitrogens is 1. The maximum Gasteiger partial charge on any atom is 0.337 e. The number of anilines is 1. The average molecular weight is 583 g/mol. The summed E-state index contributed by atoms with van der Waals surface area (Å²) in [4.78, 5) is 12.7. The third-order valence-electron chi connectivity index (χ3n) is 6.94. The largest absolute Gasteiger partial charge is 0.479 e. The summed E-state index contributed by atoms with van der Waals surface area (Å²) >= 11 is 6.16. The van der Waals surface area contributed by atoms with E-state index in [1.54, 1.807) is 52.0 Å². The highest BCUT2D eigenvalue weighted by atomic mass is 35.5. The van der Waals surface area contributed by atoms with Crippen molar-refractivity contribution < 1.29 is 31.8 Å². The Hall–Kier alpha value is -2.69. The molecule has 0 bridgehead atoms. The van der Waals surface area contributed by atoms with Crippen molar-refractivity contribution in [3.8, 4) is 11.1 Å². The van der Waals surface area contributed by atoms with Crippen LogP contribution in [0.4, 0.5) is 14.5 Å². The number of alkyl halides is 2. The van der Waals surface area contributed by atoms with Gasteiger partial charge in [0.1, 0.15) is 0 Å². The van der Waals surface area contributed by atoms with Crippen molar-refractivity contribution in [2.24, 2.45) is 0 Å². The molecule has 1 aromatic heterocycles. The molecule has 11 heteroatoms. The zero-order valence-electron chi connectivity index (χ0n) is 22.8. The van der Waals surface area contributed by atoms with Gasteiger partial charge >= 0.3 is 5.97 Å². The van der Waals surface area contributed by atoms with Gasteiger partial charge in [-0.25, -0.2) is 22.0 Å². The molecule has 0 saturated heterocycles. The van der Waals surface area contributed by atoms with E-state index in [-0.39, 0.29) is 13.0 Å². The molecule has 0 amide bonds. The van der Waals surface area contributed by atoms with Crippen molar-refractivity contribution in [1.29, 1.82) is 0 Å². The number of carboxylic acids is 1. The lowest BCUT2D eigenvalue weighted by atomic mass is 9.87. The van der Waals surface area contributed by atoms with Crippen molar-refractivity contribution in [3.05, 3.63) is 52.2 Å². The summed E-state index contributed by atoms with van der Waals surface area (Å²) in [5, 5.41) is 11.5. The van der Waals surface area contributed by atoms with Crippen molar-refractivity contribution in [2.75, 3.05) is 10.6 Å². The van der Waals surface area contributed by atoms with Crippen LogP contribution in [0, 0.1) is 13.8 Å². The van der Waals surface area contributed by atoms with Crippen LogP contribution >= 0.6 is 11.6 Å². The fourth-order valence-corrected chi connectivity index (χ4v) is 6.93. The van der Waals surface area contributed by atoms with Crippen molar-refractivity contribution in [3.63, 3.8) is 0 Å². The predicted octanol–water partition coefficient (Wildman–Crippen LogP) is 6.71. The lowest BCUT2D eigenvalue weighted by Gasteiger charge is -2.39. The third-order valence-corrected chi connectivity index (χ3v) is 8.39. The minimum atomic E-state index is -3.94. The Morgan fingerprint density at radius 1 is 1.21 bits per heavy atom. The molecule has 212 valence electrons. The first-order valence-corrected chi connectivity index (χ1v) is 14.8. The maximum absolute atomic E-state index is 13.3. The highest BCUT2D eigenvalue weighted by Crippen LogP contribution is 2.49. The fourth-order valence-electron chi connectivity index (χ4n) is 5.54. The number of carbonyl (C=O) groups is 1. The monoisotopic (exact) mass is 582 g/mol. The van der Waals surface area contributed by atoms with Crippen LogP contribution in [-0.2, 0) is 26.1 Å². The quantitative estimate of drug-likeness (QED) is 0.319. The number of hydrogen-bond donors (Lipinski definition) is 1. The summed E-state index contributed by atoms with van der Waals surface area (Å²) in [5.41, 5.74) is 2.85. The highest BCUT2D eigenvalue weighted by molar-refractivity contribution is 7.92. The lowest BCUT2D eigenvalue weighted by molar-refractivity contribution is -0.160. The van der Waals surface area contributed by atoms with E-state index in [1.165, 1.54) is 4.31 Å². The number of carboxylic acid groups (broad SMARTS) is 1. The van der Waals surface area contributed by atoms with Gasteiger partial charge in [-0.3, -0.25) is 4.31 Å². The summed E-state index contributed by atoms with van der Waals surface area (Å²) < 4.78 is 62.2. The number of ether oxygens (including phenoxy) is 1. The topological polar surface area (TPSA) is 88.8 Å². The minimum absolute atomic E-state index is 0.0577. The second-order valence-electron chi connectivity index (χ2n) is 11.1. The molecule has 1 aliphatic rings. The molecule has 0 radical (unpaired) electrons. The predicted molar refractivity (Wildman–Crippen MR) is 149 cm³/mol. The molecule has 0 fully saturated rings. The zero-order valence-corrected chi connectivity index (χ0v) is 24.3. The van der Waals surface area contributed by atoms with Crippen LogP contribution in [0.2, 0.25) is 5.02 Å². The molecule has 0 saturated carbocycles. The van der Waals surface area contributed by atoms with Crippen molar-refractivity contribution in [2.45, 2.75) is 78.2 Å². The van der Waals surface area contributed by atoms with E-state index in [0.29, 0.717) is 43.9 Å². The van der Waals surface area contributed by atoms with Gasteiger partial charge in [-0.1, -0.05) is 23.7 Å². The summed E-state index contributed by atoms with van der Waals surface area (Å²) in [6, 6.07) is 8.10. The first-order valence-electron chi connectivity index (χ1n) is 12.6. The summed E-state index contributed by atoms with van der Waals surface area (Å²) in [6.07, 6.45) is -3.50. The molecule has 2 atom stereocenters. The standard InChI is InChI=1S/C28H33ClF2N2O5S/c1-15-13-20-23(17-7-9-18(29)10-8-17)22(26(27(34)35)38-28(3,4)5)16(2)24-25(20)32(15)14-19(11-12-21(30)31)33(24)39(6,36)37/h7-10,13,19,21,26H,11-12,14H2,1-6H3,(H,34,35)/t19-,26-/m0/s1. The van der Waals surface area contributed by atoms with Crippen LogP contribution in [0.5, 0.6) is 0 Å². The molecular formula is C28H33ClF2N2O5S. The number of rotatable bonds is 8. The fraction of sp³-hybridized carbons (Fsp3) is 0.464. The molecule has 0 unspecified atom stereocenters. The molecule has 4 rings (SSSR count). The van der Waals surface area contributed by atoms with E-state index >= 15 is 0 Å². The van der Waals surface area contributed by atoms with Gasteiger partial charge in [-0.05, 0) is 75.9 Å². The van der Waals surface area contributed by atoms with Crippen LogP contribution < -0.4 is 4.31 Å². The molecule has 0 aliphatic carbocycles. The van der Waals surface area contributed by atoms with Crippen LogP contribution in [0.25, 0.3) is 22.0 Å². The molecule has 1 N–H and O–H groups in total. The third kappa shape index (κ3) is 5.64. The van der Waals surface area contributed by atoms with E-state index in [4.69, 9.17) is 16.3 Å². The van der Waals surface area contributed by atoms with Gasteiger partial charge in [0.05, 0.1) is 29.1 Å². The summed E-state index contributed by atoms with van der Waals surface area (Å²) in [7, 11) is -3.94. The first-order chi connectivity index (χ1) is 18.0. The smallest absolute Gasteiger partial charge is 0.337 e. The van der Waals surface area contributed by atoms with Gasteiger partial charge in [-0.15, -0.1) is 0 Å². The van der Waals surface area contributed by atoms with Gasteiger partial charge in [0.2, 0.25) is 16.4 Å². The number of benzene rings is 2. The van der Waals surface area contributed by atoms with Crippen LogP contribution in [0.3, 0.4) is 0 Å². The van der Waals surface area contributed by atoms with Gasteiger partial charge in [-0.2, -0.15) is 0 Å². The Morgan fingerprint density at radius 2 is 1.82 bits per heavy atom. The van der Waals surface area contributed by atoms with Crippen molar-refractivity contribution >= 4 is 44.2 Å². The first kappa shape index (κ1) is 29.3. The van der Waals surface area contributed by atoms with Gasteiger partial charge in [0, 0.05) is 34.6 Å². The Balaban J connectivity index is 2.17. The molecule has 3 aromatic rings. The highest BCUT2D eigenvalue weighted by Gasteiger charge is 2.40. The Labute approximate surface area is 232 Å². The van der Waals surface area contributed by atoms with E-state index in [9.17, 15) is 27.1 Å². The average Bonchev–Trinajstić information content (AvgIpc) is 3.13. The lowest BCUT2D eigenvalue weighted by Crippen LogP contribution is -2.46. The minimum Gasteiger partial charge on any atom is -0.479 e. The summed E-state index contributed by atoms with van der Waals surface area (Å²) in [6.45, 7) is 8.96. The van der Waals surface area contributed by atoms with Crippen LogP contribution in [-0.4, -0.2) is 48.4 Å². The zero-order chi connectivity index (χ0) is 29.0. The number of hydrogen-bond acceptors (Lipinski definition) is 4. The second-order valence-corrected chi connectivity index (χ2v) is 13.4. The normalized spacial score (nSPS) is 16.8. The van der Waals surface area contributed by atoms with E-state index in [1.807, 2.05) is 17.6 Å². The number of aryl methyl sites for hydroxylation is 1. The van der Waals surface area contributed by atoms with E-state index in [0.717, 1.165) is 11.9 Å². The van der Waals surface area contributed by atoms with Gasteiger partial charge in [0.25, 0.3) is 0 Å². The SMILES string of the molecule is Cc1c([C@H](OC(C)(C)C)C(=O)O)c(-c2ccc(Cl)cc2)c2cc(C)n3c2c1N(S(C)(=O)=O)[C@@H](CCC(F)F)C3. The van der Waals surface area contributed by atoms with E-state index in [2.05, 4.69) is 0 Å². The molecule has 2 heterocycles. The molecule has 2 aromatic carbocycles. The Bertz CT molecular complexity index is 1530. The second kappa shape index (κ2) is 10.4. The maximum atomic E-state index is 13.3. The molecule has 1 aliphatic heterocycles. The number of aliphatic carboxylic acids is 1. The van der Waals surface area contributed by atoms with Crippen molar-refractivity contribution in [1.82, 2.24) is 4.57 Å². The Kier molecular flexibility index (Phi) is 7.79. The molecule has 7 nitrogen and oxygen atoms in total. The number of sulfonamides is 1. The molecule has 0 spiro atoms. The molecule has 39 heavy (non-hydrogen) atoms. The van der Waals surface area contributed by atoms with Crippen LogP contribution in [0.1, 0.15) is 56.5 Å². The number of nitrogens with zero attached hydrogens (tertiary/aromatic N) is 2.